The number of ketones is 1. The van der Waals surface area contributed by atoms with Gasteiger partial charge in [0.2, 0.25) is 5.75 Å². The second-order valence-corrected chi connectivity index (χ2v) is 7.66. The monoisotopic (exact) mass is 457 g/mol. The number of rotatable bonds is 12. The average molecular weight is 458 g/mol. The summed E-state index contributed by atoms with van der Waals surface area (Å²) in [7, 11) is 1.39. The molecule has 33 heavy (non-hydrogen) atoms. The molecule has 0 unspecified atom stereocenters. The Labute approximate surface area is 194 Å². The Bertz CT molecular complexity index is 945. The number of hydrogen-bond acceptors (Lipinski definition) is 8. The van der Waals surface area contributed by atoms with Gasteiger partial charge in [-0.2, -0.15) is 0 Å². The molecule has 178 valence electrons. The smallest absolute Gasteiger partial charge is 0.309 e. The normalized spacial score (nSPS) is 13.5. The quantitative estimate of drug-likeness (QED) is 0.343. The maximum atomic E-state index is 12.9. The lowest BCUT2D eigenvalue weighted by atomic mass is 10.0. The number of Topliss-reactive ketones (excluding diaryl/α,β-unsaturated/α-hetero) is 1. The molecule has 0 aliphatic rings. The van der Waals surface area contributed by atoms with Gasteiger partial charge >= 0.3 is 11.9 Å². The zero-order valence-electron chi connectivity index (χ0n) is 19.7. The van der Waals surface area contributed by atoms with E-state index in [0.717, 1.165) is 12.0 Å². The Morgan fingerprint density at radius 1 is 1.06 bits per heavy atom. The highest BCUT2D eigenvalue weighted by Crippen LogP contribution is 2.31. The number of aromatic nitrogens is 1. The Balaban J connectivity index is 2.10. The summed E-state index contributed by atoms with van der Waals surface area (Å²) >= 11 is 0. The van der Waals surface area contributed by atoms with Crippen molar-refractivity contribution in [1.29, 1.82) is 0 Å². The van der Waals surface area contributed by atoms with Crippen LogP contribution in [0.3, 0.4) is 0 Å². The summed E-state index contributed by atoms with van der Waals surface area (Å²) in [4.78, 5) is 41.1. The molecule has 0 saturated heterocycles. The Hall–Kier alpha value is -3.26. The number of ether oxygens (including phenoxy) is 4. The van der Waals surface area contributed by atoms with Crippen molar-refractivity contribution in [3.8, 4) is 11.5 Å². The lowest BCUT2D eigenvalue weighted by Crippen LogP contribution is -2.28. The van der Waals surface area contributed by atoms with Crippen molar-refractivity contribution in [1.82, 2.24) is 4.98 Å². The van der Waals surface area contributed by atoms with Crippen LogP contribution in [-0.4, -0.2) is 42.5 Å². The molecule has 0 amide bonds. The molecule has 0 spiro atoms. The molecule has 0 N–H and O–H groups in total. The summed E-state index contributed by atoms with van der Waals surface area (Å²) in [6, 6.07) is 11.0. The highest BCUT2D eigenvalue weighted by atomic mass is 16.6. The molecular weight excluding hydrogens is 426 g/mol. The van der Waals surface area contributed by atoms with E-state index >= 15 is 0 Å². The fourth-order valence-electron chi connectivity index (χ4n) is 3.24. The second-order valence-electron chi connectivity index (χ2n) is 7.66. The first-order chi connectivity index (χ1) is 15.8. The highest BCUT2D eigenvalue weighted by Gasteiger charge is 2.29. The molecule has 2 aromatic rings. The molecule has 0 radical (unpaired) electrons. The van der Waals surface area contributed by atoms with E-state index in [1.807, 2.05) is 37.3 Å². The van der Waals surface area contributed by atoms with Gasteiger partial charge < -0.3 is 18.9 Å². The van der Waals surface area contributed by atoms with Crippen molar-refractivity contribution in [2.45, 2.75) is 52.7 Å². The van der Waals surface area contributed by atoms with Gasteiger partial charge in [0.15, 0.2) is 17.2 Å². The average Bonchev–Trinajstić information content (AvgIpc) is 2.79. The van der Waals surface area contributed by atoms with Crippen LogP contribution >= 0.6 is 0 Å². The third-order valence-electron chi connectivity index (χ3n) is 4.85. The van der Waals surface area contributed by atoms with Gasteiger partial charge in [0.1, 0.15) is 12.2 Å². The molecule has 1 heterocycles. The SMILES string of the molecule is CCCO[C@H](c1ccccc1)[C@H](C)OC(=O)[C@H](C)CC(=O)c1nccc(OC)c1OC(C)=O. The third kappa shape index (κ3) is 7.39. The number of nitrogens with zero attached hydrogens (tertiary/aromatic N) is 1. The number of hydrogen-bond donors (Lipinski definition) is 0. The number of methoxy groups -OCH3 is 1. The summed E-state index contributed by atoms with van der Waals surface area (Å²) in [6.45, 7) is 7.11. The lowest BCUT2D eigenvalue weighted by molar-refractivity contribution is -0.161. The van der Waals surface area contributed by atoms with Crippen LogP contribution in [0, 0.1) is 5.92 Å². The minimum absolute atomic E-state index is 0.0662. The van der Waals surface area contributed by atoms with Crippen molar-refractivity contribution < 1.29 is 33.3 Å². The molecule has 8 heteroatoms. The molecule has 0 bridgehead atoms. The molecule has 0 aliphatic carbocycles. The molecule has 2 rings (SSSR count). The van der Waals surface area contributed by atoms with Crippen molar-refractivity contribution in [3.63, 3.8) is 0 Å². The van der Waals surface area contributed by atoms with Gasteiger partial charge in [-0.15, -0.1) is 0 Å². The topological polar surface area (TPSA) is 101 Å². The molecule has 0 aliphatic heterocycles. The van der Waals surface area contributed by atoms with Gasteiger partial charge in [-0.25, -0.2) is 4.98 Å². The van der Waals surface area contributed by atoms with E-state index in [-0.39, 0.29) is 23.6 Å². The predicted octanol–water partition coefficient (Wildman–Crippen LogP) is 4.32. The molecule has 1 aromatic carbocycles. The van der Waals surface area contributed by atoms with Crippen LogP contribution in [0.5, 0.6) is 11.5 Å². The van der Waals surface area contributed by atoms with E-state index in [2.05, 4.69) is 4.98 Å². The fourth-order valence-corrected chi connectivity index (χ4v) is 3.24. The number of benzene rings is 1. The fraction of sp³-hybridized carbons (Fsp3) is 0.440. The minimum atomic E-state index is -0.749. The van der Waals surface area contributed by atoms with Crippen LogP contribution in [0.15, 0.2) is 42.6 Å². The first-order valence-corrected chi connectivity index (χ1v) is 10.9. The van der Waals surface area contributed by atoms with E-state index in [4.69, 9.17) is 18.9 Å². The van der Waals surface area contributed by atoms with E-state index in [0.29, 0.717) is 6.61 Å². The maximum absolute atomic E-state index is 12.9. The zero-order valence-corrected chi connectivity index (χ0v) is 19.7. The standard InChI is InChI=1S/C25H31NO7/c1-6-14-31-23(19-10-8-7-9-11-19)17(3)32-25(29)16(2)15-20(28)22-24(33-18(4)27)21(30-5)12-13-26-22/h7-13,16-17,23H,6,14-15H2,1-5H3/t16-,17+,23+/m1/s1. The summed E-state index contributed by atoms with van der Waals surface area (Å²) in [5.41, 5.74) is 0.826. The van der Waals surface area contributed by atoms with Gasteiger partial charge in [0.25, 0.3) is 0 Å². The van der Waals surface area contributed by atoms with Gasteiger partial charge in [-0.3, -0.25) is 14.4 Å². The predicted molar refractivity (Wildman–Crippen MR) is 121 cm³/mol. The van der Waals surface area contributed by atoms with Crippen LogP contribution in [0.25, 0.3) is 0 Å². The molecule has 8 nitrogen and oxygen atoms in total. The molecule has 1 aromatic heterocycles. The van der Waals surface area contributed by atoms with E-state index in [9.17, 15) is 14.4 Å². The second kappa shape index (κ2) is 12.7. The molecular formula is C25H31NO7. The largest absolute Gasteiger partial charge is 0.493 e. The van der Waals surface area contributed by atoms with Crippen LogP contribution in [-0.2, 0) is 19.1 Å². The molecule has 0 saturated carbocycles. The first kappa shape index (κ1) is 26.0. The van der Waals surface area contributed by atoms with Gasteiger partial charge in [-0.1, -0.05) is 44.2 Å². The number of esters is 2. The summed E-state index contributed by atoms with van der Waals surface area (Å²) in [5.74, 6) is -2.23. The lowest BCUT2D eigenvalue weighted by Gasteiger charge is -2.26. The Morgan fingerprint density at radius 2 is 1.76 bits per heavy atom. The number of carbonyl (C=O) groups is 3. The van der Waals surface area contributed by atoms with Crippen molar-refractivity contribution in [2.75, 3.05) is 13.7 Å². The Kier molecular flexibility index (Phi) is 10.00. The van der Waals surface area contributed by atoms with Crippen molar-refractivity contribution in [3.05, 3.63) is 53.9 Å². The molecule has 3 atom stereocenters. The van der Waals surface area contributed by atoms with Crippen LogP contribution in [0.1, 0.15) is 62.7 Å². The summed E-state index contributed by atoms with van der Waals surface area (Å²) in [5, 5.41) is 0. The van der Waals surface area contributed by atoms with Gasteiger partial charge in [0, 0.05) is 32.2 Å². The van der Waals surface area contributed by atoms with Crippen LogP contribution < -0.4 is 9.47 Å². The molecule has 0 fully saturated rings. The zero-order chi connectivity index (χ0) is 24.4. The van der Waals surface area contributed by atoms with E-state index in [1.165, 1.54) is 26.3 Å². The highest BCUT2D eigenvalue weighted by molar-refractivity contribution is 5.99. The van der Waals surface area contributed by atoms with Crippen molar-refractivity contribution in [2.24, 2.45) is 5.92 Å². The van der Waals surface area contributed by atoms with Gasteiger partial charge in [-0.05, 0) is 18.9 Å². The van der Waals surface area contributed by atoms with Crippen LogP contribution in [0.2, 0.25) is 0 Å². The number of carbonyl (C=O) groups excluding carboxylic acids is 3. The summed E-state index contributed by atoms with van der Waals surface area (Å²) < 4.78 is 21.9. The van der Waals surface area contributed by atoms with Crippen LogP contribution in [0.4, 0.5) is 0 Å². The van der Waals surface area contributed by atoms with E-state index in [1.54, 1.807) is 13.8 Å². The number of pyridine rings is 1. The Morgan fingerprint density at radius 3 is 2.36 bits per heavy atom. The van der Waals surface area contributed by atoms with Gasteiger partial charge in [0.05, 0.1) is 13.0 Å². The van der Waals surface area contributed by atoms with Crippen molar-refractivity contribution >= 4 is 17.7 Å². The summed E-state index contributed by atoms with van der Waals surface area (Å²) in [6.07, 6.45) is 1.04. The van der Waals surface area contributed by atoms with E-state index < -0.39 is 35.8 Å². The first-order valence-electron chi connectivity index (χ1n) is 10.9. The third-order valence-corrected chi connectivity index (χ3v) is 4.85. The minimum Gasteiger partial charge on any atom is -0.493 e. The maximum Gasteiger partial charge on any atom is 0.309 e.